The molecule has 2 nitrogen and oxygen atoms in total. The Morgan fingerprint density at radius 1 is 0.633 bits per heavy atom. The highest BCUT2D eigenvalue weighted by Crippen LogP contribution is 2.50. The third-order valence-corrected chi connectivity index (χ3v) is 9.99. The van der Waals surface area contributed by atoms with Gasteiger partial charge in [-0.2, -0.15) is 0 Å². The Kier molecular flexibility index (Phi) is 4.65. The van der Waals surface area contributed by atoms with Gasteiger partial charge in [0.1, 0.15) is 0 Å². The second-order valence-electron chi connectivity index (χ2n) is 7.53. The second kappa shape index (κ2) is 7.48. The highest BCUT2D eigenvalue weighted by atomic mass is 31.2. The fourth-order valence-corrected chi connectivity index (χ4v) is 8.82. The van der Waals surface area contributed by atoms with Gasteiger partial charge in [-0.3, -0.25) is 4.79 Å². The Balaban J connectivity index is 2.06. The Morgan fingerprint density at radius 2 is 1.10 bits per heavy atom. The number of aryl methyl sites for hydroxylation is 1. The number of hydrogen-bond acceptors (Lipinski definition) is 1. The van der Waals surface area contributed by atoms with Gasteiger partial charge in [0, 0.05) is 11.3 Å². The van der Waals surface area contributed by atoms with Crippen LogP contribution in [0.1, 0.15) is 11.1 Å². The van der Waals surface area contributed by atoms with E-state index in [1.54, 1.807) is 0 Å². The maximum atomic E-state index is 13.6. The molecule has 0 fully saturated rings. The van der Waals surface area contributed by atoms with E-state index in [0.29, 0.717) is 0 Å². The van der Waals surface area contributed by atoms with E-state index >= 15 is 0 Å². The SMILES string of the molecule is Cc1ccc2c(c1)C(=P(c1ccccc1)(c1ccccc1)c1ccccc1)C(=O)N2. The minimum atomic E-state index is -2.40. The lowest BCUT2D eigenvalue weighted by Gasteiger charge is -2.31. The molecule has 0 unspecified atom stereocenters. The Morgan fingerprint density at radius 3 is 1.57 bits per heavy atom. The number of nitrogens with one attached hydrogen (secondary N) is 1. The van der Waals surface area contributed by atoms with E-state index in [4.69, 9.17) is 0 Å². The molecule has 1 aliphatic rings. The van der Waals surface area contributed by atoms with Gasteiger partial charge in [-0.25, -0.2) is 0 Å². The fraction of sp³-hybridized carbons (Fsp3) is 0.0370. The first-order valence-electron chi connectivity index (χ1n) is 10.1. The summed E-state index contributed by atoms with van der Waals surface area (Å²) < 4.78 is 0. The molecule has 30 heavy (non-hydrogen) atoms. The van der Waals surface area contributed by atoms with Gasteiger partial charge >= 0.3 is 0 Å². The van der Waals surface area contributed by atoms with Crippen LogP contribution in [0.2, 0.25) is 0 Å². The van der Waals surface area contributed by atoms with Gasteiger partial charge in [0.2, 0.25) is 0 Å². The summed E-state index contributed by atoms with van der Waals surface area (Å²) in [5, 5.41) is 7.57. The maximum absolute atomic E-state index is 13.6. The van der Waals surface area contributed by atoms with E-state index in [1.807, 2.05) is 24.3 Å². The molecule has 1 aliphatic heterocycles. The molecule has 0 spiro atoms. The van der Waals surface area contributed by atoms with Gasteiger partial charge < -0.3 is 5.32 Å². The van der Waals surface area contributed by atoms with Gasteiger partial charge in [-0.05, 0) is 41.9 Å². The average Bonchev–Trinajstić information content (AvgIpc) is 3.12. The number of carbonyl (C=O) groups is 1. The number of anilines is 1. The number of fused-ring (bicyclic) bond motifs is 1. The molecular weight excluding hydrogens is 385 g/mol. The lowest BCUT2D eigenvalue weighted by molar-refractivity contribution is -0.109. The highest BCUT2D eigenvalue weighted by Gasteiger charge is 2.37. The highest BCUT2D eigenvalue weighted by molar-refractivity contribution is 7.97. The zero-order valence-electron chi connectivity index (χ0n) is 16.7. The average molecular weight is 407 g/mol. The molecule has 0 radical (unpaired) electrons. The first kappa shape index (κ1) is 18.7. The van der Waals surface area contributed by atoms with Gasteiger partial charge in [-0.1, -0.05) is 103 Å². The quantitative estimate of drug-likeness (QED) is 0.499. The van der Waals surface area contributed by atoms with Crippen LogP contribution in [0, 0.1) is 6.92 Å². The van der Waals surface area contributed by atoms with E-state index in [1.165, 1.54) is 15.9 Å². The first-order chi connectivity index (χ1) is 14.7. The van der Waals surface area contributed by atoms with Crippen molar-refractivity contribution in [2.24, 2.45) is 0 Å². The van der Waals surface area contributed by atoms with Crippen molar-refractivity contribution in [2.45, 2.75) is 6.92 Å². The van der Waals surface area contributed by atoms with E-state index in [2.05, 4.69) is 97.2 Å². The molecule has 0 atom stereocenters. The van der Waals surface area contributed by atoms with Crippen LogP contribution in [0.15, 0.2) is 109 Å². The second-order valence-corrected chi connectivity index (χ2v) is 10.9. The monoisotopic (exact) mass is 407 g/mol. The Bertz CT molecular complexity index is 1180. The van der Waals surface area contributed by atoms with E-state index < -0.39 is 6.89 Å². The van der Waals surface area contributed by atoms with Crippen molar-refractivity contribution in [2.75, 3.05) is 5.32 Å². The third kappa shape index (κ3) is 2.84. The van der Waals surface area contributed by atoms with Crippen molar-refractivity contribution >= 4 is 39.7 Å². The van der Waals surface area contributed by atoms with Crippen molar-refractivity contribution in [3.8, 4) is 0 Å². The normalized spacial score (nSPS) is 13.1. The van der Waals surface area contributed by atoms with E-state index in [0.717, 1.165) is 22.1 Å². The van der Waals surface area contributed by atoms with Crippen LogP contribution in [0.4, 0.5) is 5.69 Å². The summed E-state index contributed by atoms with van der Waals surface area (Å²) in [6.45, 7) is -0.327. The standard InChI is InChI=1S/C27H22NOP/c1-20-17-18-25-24(19-20)26(27(29)28-25)30(21-11-5-2-6-12-21,22-13-7-3-8-14-22)23-15-9-4-10-16-23/h2-19H,1H3,(H,28,29). The van der Waals surface area contributed by atoms with Crippen molar-refractivity contribution in [1.82, 2.24) is 0 Å². The topological polar surface area (TPSA) is 29.1 Å². The molecule has 1 N–H and O–H groups in total. The third-order valence-electron chi connectivity index (χ3n) is 5.66. The van der Waals surface area contributed by atoms with Crippen molar-refractivity contribution in [3.63, 3.8) is 0 Å². The molecule has 0 saturated carbocycles. The minimum Gasteiger partial charge on any atom is -0.321 e. The fourth-order valence-electron chi connectivity index (χ4n) is 4.39. The van der Waals surface area contributed by atoms with Crippen LogP contribution in [0.3, 0.4) is 0 Å². The summed E-state index contributed by atoms with van der Waals surface area (Å²) in [4.78, 5) is 13.6. The summed E-state index contributed by atoms with van der Waals surface area (Å²) in [5.41, 5.74) is 3.06. The van der Waals surface area contributed by atoms with Crippen LogP contribution in [-0.4, -0.2) is 11.2 Å². The molecule has 5 rings (SSSR count). The number of benzene rings is 4. The molecule has 1 amide bonds. The number of carbonyl (C=O) groups excluding carboxylic acids is 1. The molecule has 3 heteroatoms. The van der Waals surface area contributed by atoms with Gasteiger partial charge in [0.15, 0.2) is 0 Å². The molecule has 4 aromatic carbocycles. The van der Waals surface area contributed by atoms with Crippen molar-refractivity contribution in [3.05, 3.63) is 120 Å². The predicted molar refractivity (Wildman–Crippen MR) is 129 cm³/mol. The molecular formula is C27H22NOP. The summed E-state index contributed by atoms with van der Waals surface area (Å²) in [5.74, 6) is 0.000456. The lowest BCUT2D eigenvalue weighted by Crippen LogP contribution is -2.33. The summed E-state index contributed by atoms with van der Waals surface area (Å²) in [6.07, 6.45) is 0. The van der Waals surface area contributed by atoms with Crippen LogP contribution in [0.5, 0.6) is 0 Å². The molecule has 4 aromatic rings. The Labute approximate surface area is 177 Å². The number of hydrogen-bond donors (Lipinski definition) is 1. The molecule has 0 bridgehead atoms. The minimum absolute atomic E-state index is 0.000456. The predicted octanol–water partition coefficient (Wildman–Crippen LogP) is 4.46. The van der Waals surface area contributed by atoms with Crippen LogP contribution in [-0.2, 0) is 4.79 Å². The zero-order valence-corrected chi connectivity index (χ0v) is 17.6. The summed E-state index contributed by atoms with van der Waals surface area (Å²) in [6, 6.07) is 37.7. The summed E-state index contributed by atoms with van der Waals surface area (Å²) in [7, 11) is 0. The van der Waals surface area contributed by atoms with Gasteiger partial charge in [-0.15, -0.1) is 0 Å². The maximum Gasteiger partial charge on any atom is 0.257 e. The Hall–Kier alpha value is -3.35. The number of rotatable bonds is 3. The smallest absolute Gasteiger partial charge is 0.257 e. The summed E-state index contributed by atoms with van der Waals surface area (Å²) >= 11 is 0. The zero-order chi connectivity index (χ0) is 20.6. The van der Waals surface area contributed by atoms with E-state index in [9.17, 15) is 4.79 Å². The molecule has 0 aromatic heterocycles. The van der Waals surface area contributed by atoms with Crippen LogP contribution >= 0.6 is 6.89 Å². The van der Waals surface area contributed by atoms with Crippen LogP contribution in [0.25, 0.3) is 0 Å². The van der Waals surface area contributed by atoms with Gasteiger partial charge in [0.05, 0.1) is 5.29 Å². The molecule has 146 valence electrons. The van der Waals surface area contributed by atoms with Gasteiger partial charge in [0.25, 0.3) is 5.91 Å². The molecule has 0 aliphatic carbocycles. The largest absolute Gasteiger partial charge is 0.321 e. The van der Waals surface area contributed by atoms with E-state index in [-0.39, 0.29) is 5.91 Å². The first-order valence-corrected chi connectivity index (χ1v) is 11.9. The number of amides is 1. The molecule has 0 saturated heterocycles. The van der Waals surface area contributed by atoms with Crippen molar-refractivity contribution in [1.29, 1.82) is 0 Å². The van der Waals surface area contributed by atoms with Crippen LogP contribution < -0.4 is 21.2 Å². The van der Waals surface area contributed by atoms with Crippen molar-refractivity contribution < 1.29 is 4.79 Å². The lowest BCUT2D eigenvalue weighted by atomic mass is 10.1. The molecule has 1 heterocycles.